The van der Waals surface area contributed by atoms with Crippen LogP contribution in [0.5, 0.6) is 0 Å². The van der Waals surface area contributed by atoms with Crippen molar-refractivity contribution in [2.24, 2.45) is 17.8 Å². The molecule has 1 N–H and O–H groups in total. The summed E-state index contributed by atoms with van der Waals surface area (Å²) in [6, 6.07) is 0.642. The summed E-state index contributed by atoms with van der Waals surface area (Å²) >= 11 is 0. The molecule has 1 aliphatic rings. The van der Waals surface area contributed by atoms with Crippen LogP contribution in [-0.4, -0.2) is 37.1 Å². The van der Waals surface area contributed by atoms with Gasteiger partial charge >= 0.3 is 0 Å². The van der Waals surface area contributed by atoms with Gasteiger partial charge in [0.25, 0.3) is 0 Å². The van der Waals surface area contributed by atoms with E-state index in [9.17, 15) is 0 Å². The predicted octanol–water partition coefficient (Wildman–Crippen LogP) is 2.99. The first-order chi connectivity index (χ1) is 8.00. The molecule has 0 aliphatic carbocycles. The van der Waals surface area contributed by atoms with Crippen LogP contribution in [0.3, 0.4) is 0 Å². The van der Waals surface area contributed by atoms with Gasteiger partial charge in [-0.25, -0.2) is 0 Å². The van der Waals surface area contributed by atoms with Gasteiger partial charge in [0.1, 0.15) is 0 Å². The molecule has 0 bridgehead atoms. The van der Waals surface area contributed by atoms with Gasteiger partial charge in [0.05, 0.1) is 0 Å². The average molecular weight is 240 g/mol. The smallest absolute Gasteiger partial charge is 0.0107 e. The third-order valence-electron chi connectivity index (χ3n) is 4.47. The third-order valence-corrected chi connectivity index (χ3v) is 4.47. The largest absolute Gasteiger partial charge is 0.313 e. The third kappa shape index (κ3) is 5.39. The molecule has 17 heavy (non-hydrogen) atoms. The molecule has 2 heteroatoms. The molecule has 2 nitrogen and oxygen atoms in total. The van der Waals surface area contributed by atoms with E-state index in [1.165, 1.54) is 32.5 Å². The summed E-state index contributed by atoms with van der Waals surface area (Å²) in [6.07, 6.45) is 2.80. The van der Waals surface area contributed by atoms with Gasteiger partial charge in [-0.3, -0.25) is 0 Å². The van der Waals surface area contributed by atoms with E-state index in [1.807, 2.05) is 0 Å². The molecule has 1 rings (SSSR count). The Morgan fingerprint density at radius 1 is 1.06 bits per heavy atom. The highest BCUT2D eigenvalue weighted by atomic mass is 15.1. The van der Waals surface area contributed by atoms with Gasteiger partial charge in [-0.05, 0) is 50.6 Å². The highest BCUT2D eigenvalue weighted by molar-refractivity contribution is 4.75. The SMILES string of the molecule is CC(C)C1CCN(CCNC(C)C(C)C)CC1. The molecular weight excluding hydrogens is 208 g/mol. The molecule has 0 amide bonds. The van der Waals surface area contributed by atoms with Gasteiger partial charge in [-0.15, -0.1) is 0 Å². The van der Waals surface area contributed by atoms with Crippen LogP contribution in [0.25, 0.3) is 0 Å². The lowest BCUT2D eigenvalue weighted by Gasteiger charge is -2.34. The minimum absolute atomic E-state index is 0.642. The zero-order chi connectivity index (χ0) is 12.8. The van der Waals surface area contributed by atoms with Crippen LogP contribution in [0.4, 0.5) is 0 Å². The number of nitrogens with one attached hydrogen (secondary N) is 1. The summed E-state index contributed by atoms with van der Waals surface area (Å²) in [5, 5.41) is 3.62. The summed E-state index contributed by atoms with van der Waals surface area (Å²) in [6.45, 7) is 16.6. The molecule has 0 radical (unpaired) electrons. The first-order valence-corrected chi connectivity index (χ1v) is 7.46. The molecule has 0 aromatic heterocycles. The molecule has 0 saturated carbocycles. The Morgan fingerprint density at radius 3 is 2.12 bits per heavy atom. The molecule has 1 heterocycles. The van der Waals surface area contributed by atoms with E-state index >= 15 is 0 Å². The summed E-state index contributed by atoms with van der Waals surface area (Å²) in [4.78, 5) is 2.62. The zero-order valence-electron chi connectivity index (χ0n) is 12.5. The van der Waals surface area contributed by atoms with Gasteiger partial charge in [0.2, 0.25) is 0 Å². The Kier molecular flexibility index (Phi) is 6.50. The van der Waals surface area contributed by atoms with Crippen LogP contribution in [0.15, 0.2) is 0 Å². The summed E-state index contributed by atoms with van der Waals surface area (Å²) in [7, 11) is 0. The lowest BCUT2D eigenvalue weighted by Crippen LogP contribution is -2.41. The van der Waals surface area contributed by atoms with E-state index in [0.29, 0.717) is 6.04 Å². The topological polar surface area (TPSA) is 15.3 Å². The second-order valence-corrected chi connectivity index (χ2v) is 6.41. The standard InChI is InChI=1S/C15H32N2/c1-12(2)14(5)16-8-11-17-9-6-15(7-10-17)13(3)4/h12-16H,6-11H2,1-5H3. The van der Waals surface area contributed by atoms with E-state index in [4.69, 9.17) is 0 Å². The van der Waals surface area contributed by atoms with Crippen molar-refractivity contribution in [1.29, 1.82) is 0 Å². The fourth-order valence-electron chi connectivity index (χ4n) is 2.53. The van der Waals surface area contributed by atoms with Crippen molar-refractivity contribution >= 4 is 0 Å². The maximum absolute atomic E-state index is 3.62. The average Bonchev–Trinajstić information content (AvgIpc) is 2.29. The number of nitrogens with zero attached hydrogens (tertiary/aromatic N) is 1. The van der Waals surface area contributed by atoms with Crippen molar-refractivity contribution in [3.63, 3.8) is 0 Å². The second kappa shape index (κ2) is 7.38. The molecule has 1 aliphatic heterocycles. The summed E-state index contributed by atoms with van der Waals surface area (Å²) < 4.78 is 0. The first kappa shape index (κ1) is 15.0. The van der Waals surface area contributed by atoms with Crippen molar-refractivity contribution in [2.75, 3.05) is 26.2 Å². The van der Waals surface area contributed by atoms with Crippen LogP contribution >= 0.6 is 0 Å². The van der Waals surface area contributed by atoms with E-state index in [1.54, 1.807) is 0 Å². The van der Waals surface area contributed by atoms with Crippen molar-refractivity contribution in [3.05, 3.63) is 0 Å². The number of hydrogen-bond acceptors (Lipinski definition) is 2. The van der Waals surface area contributed by atoms with Crippen LogP contribution in [0.1, 0.15) is 47.5 Å². The monoisotopic (exact) mass is 240 g/mol. The fraction of sp³-hybridized carbons (Fsp3) is 1.00. The van der Waals surface area contributed by atoms with Crippen LogP contribution < -0.4 is 5.32 Å². The highest BCUT2D eigenvalue weighted by Crippen LogP contribution is 2.23. The van der Waals surface area contributed by atoms with Crippen molar-refractivity contribution < 1.29 is 0 Å². The molecule has 0 aromatic carbocycles. The Bertz CT molecular complexity index is 193. The Labute approximate surface area is 108 Å². The van der Waals surface area contributed by atoms with Gasteiger partial charge in [-0.2, -0.15) is 0 Å². The maximum Gasteiger partial charge on any atom is 0.0107 e. The van der Waals surface area contributed by atoms with Crippen LogP contribution in [-0.2, 0) is 0 Å². The van der Waals surface area contributed by atoms with E-state index in [0.717, 1.165) is 24.3 Å². The van der Waals surface area contributed by atoms with Gasteiger partial charge in [-0.1, -0.05) is 27.7 Å². The molecule has 102 valence electrons. The number of hydrogen-bond donors (Lipinski definition) is 1. The van der Waals surface area contributed by atoms with Crippen molar-refractivity contribution in [2.45, 2.75) is 53.5 Å². The van der Waals surface area contributed by atoms with Gasteiger partial charge in [0.15, 0.2) is 0 Å². The Balaban J connectivity index is 2.10. The molecule has 1 saturated heterocycles. The lowest BCUT2D eigenvalue weighted by atomic mass is 9.87. The normalized spacial score (nSPS) is 21.4. The van der Waals surface area contributed by atoms with Crippen molar-refractivity contribution in [1.82, 2.24) is 10.2 Å². The minimum Gasteiger partial charge on any atom is -0.313 e. The quantitative estimate of drug-likeness (QED) is 0.768. The van der Waals surface area contributed by atoms with Gasteiger partial charge in [0, 0.05) is 19.1 Å². The van der Waals surface area contributed by atoms with E-state index < -0.39 is 0 Å². The fourth-order valence-corrected chi connectivity index (χ4v) is 2.53. The lowest BCUT2D eigenvalue weighted by molar-refractivity contribution is 0.157. The van der Waals surface area contributed by atoms with Crippen molar-refractivity contribution in [3.8, 4) is 0 Å². The summed E-state index contributed by atoms with van der Waals surface area (Å²) in [5.74, 6) is 2.58. The number of rotatable bonds is 6. The number of likely N-dealkylation sites (tertiary alicyclic amines) is 1. The molecule has 0 aromatic rings. The minimum atomic E-state index is 0.642. The molecule has 1 unspecified atom stereocenters. The number of piperidine rings is 1. The van der Waals surface area contributed by atoms with E-state index in [2.05, 4.69) is 44.8 Å². The van der Waals surface area contributed by atoms with E-state index in [-0.39, 0.29) is 0 Å². The van der Waals surface area contributed by atoms with Crippen LogP contribution in [0.2, 0.25) is 0 Å². The summed E-state index contributed by atoms with van der Waals surface area (Å²) in [5.41, 5.74) is 0. The molecule has 1 atom stereocenters. The first-order valence-electron chi connectivity index (χ1n) is 7.46. The molecular formula is C15H32N2. The predicted molar refractivity (Wildman–Crippen MR) is 76.3 cm³/mol. The van der Waals surface area contributed by atoms with Gasteiger partial charge < -0.3 is 10.2 Å². The second-order valence-electron chi connectivity index (χ2n) is 6.41. The maximum atomic E-state index is 3.62. The molecule has 0 spiro atoms. The Morgan fingerprint density at radius 2 is 1.65 bits per heavy atom. The highest BCUT2D eigenvalue weighted by Gasteiger charge is 2.21. The zero-order valence-corrected chi connectivity index (χ0v) is 12.5. The molecule has 1 fully saturated rings. The van der Waals surface area contributed by atoms with Crippen LogP contribution in [0, 0.1) is 17.8 Å². The Hall–Kier alpha value is -0.0800.